The Balaban J connectivity index is 1.98. The summed E-state index contributed by atoms with van der Waals surface area (Å²) in [5, 5.41) is 3.24. The molecule has 118 valence electrons. The monoisotopic (exact) mass is 332 g/mol. The molecular weight excluding hydrogens is 312 g/mol. The maximum Gasteiger partial charge on any atom is 0.240 e. The topological polar surface area (TPSA) is 92.3 Å². The van der Waals surface area contributed by atoms with Gasteiger partial charge < -0.3 is 5.32 Å². The van der Waals surface area contributed by atoms with Gasteiger partial charge in [-0.1, -0.05) is 0 Å². The summed E-state index contributed by atoms with van der Waals surface area (Å²) in [6.45, 7) is 2.32. The van der Waals surface area contributed by atoms with Gasteiger partial charge in [0.1, 0.15) is 0 Å². The molecule has 0 aromatic heterocycles. The first-order chi connectivity index (χ1) is 9.79. The van der Waals surface area contributed by atoms with Crippen LogP contribution in [0, 0.1) is 5.92 Å². The summed E-state index contributed by atoms with van der Waals surface area (Å²) in [5.41, 5.74) is 0. The molecule has 2 N–H and O–H groups in total. The molecule has 0 spiro atoms. The highest BCUT2D eigenvalue weighted by Crippen LogP contribution is 2.15. The van der Waals surface area contributed by atoms with Crippen molar-refractivity contribution in [2.75, 3.05) is 25.9 Å². The van der Waals surface area contributed by atoms with Crippen LogP contribution in [0.25, 0.3) is 0 Å². The van der Waals surface area contributed by atoms with E-state index < -0.39 is 19.9 Å². The Morgan fingerprint density at radius 2 is 1.76 bits per heavy atom. The number of hydrogen-bond donors (Lipinski definition) is 2. The van der Waals surface area contributed by atoms with Crippen LogP contribution < -0.4 is 10.0 Å². The van der Waals surface area contributed by atoms with Crippen LogP contribution in [0.15, 0.2) is 34.1 Å². The van der Waals surface area contributed by atoms with Crippen molar-refractivity contribution in [1.82, 2.24) is 10.0 Å². The molecular formula is C13H20N2O4S2. The van der Waals surface area contributed by atoms with Crippen LogP contribution in [0.3, 0.4) is 0 Å². The fourth-order valence-corrected chi connectivity index (χ4v) is 3.99. The number of benzene rings is 1. The van der Waals surface area contributed by atoms with Gasteiger partial charge in [-0.3, -0.25) is 0 Å². The molecule has 1 aromatic rings. The average Bonchev–Trinajstić information content (AvgIpc) is 2.91. The first-order valence-corrected chi connectivity index (χ1v) is 10.2. The molecule has 0 amide bonds. The van der Waals surface area contributed by atoms with E-state index in [-0.39, 0.29) is 9.79 Å². The van der Waals surface area contributed by atoms with E-state index in [0.717, 1.165) is 32.2 Å². The third kappa shape index (κ3) is 4.50. The molecule has 0 aliphatic carbocycles. The first kappa shape index (κ1) is 16.4. The summed E-state index contributed by atoms with van der Waals surface area (Å²) < 4.78 is 49.4. The van der Waals surface area contributed by atoms with Crippen LogP contribution in [0.4, 0.5) is 0 Å². The summed E-state index contributed by atoms with van der Waals surface area (Å²) in [5.74, 6) is 0.514. The Labute approximate surface area is 125 Å². The van der Waals surface area contributed by atoms with Gasteiger partial charge in [-0.25, -0.2) is 21.6 Å². The Kier molecular flexibility index (Phi) is 5.03. The van der Waals surface area contributed by atoms with E-state index in [1.54, 1.807) is 0 Å². The highest BCUT2D eigenvalue weighted by atomic mass is 32.2. The van der Waals surface area contributed by atoms with Crippen LogP contribution >= 0.6 is 0 Å². The lowest BCUT2D eigenvalue weighted by molar-refractivity contribution is 0.519. The zero-order valence-corrected chi connectivity index (χ0v) is 13.5. The van der Waals surface area contributed by atoms with E-state index >= 15 is 0 Å². The van der Waals surface area contributed by atoms with E-state index in [4.69, 9.17) is 0 Å². The highest BCUT2D eigenvalue weighted by molar-refractivity contribution is 7.90. The van der Waals surface area contributed by atoms with Crippen molar-refractivity contribution in [1.29, 1.82) is 0 Å². The Morgan fingerprint density at radius 3 is 2.29 bits per heavy atom. The fourth-order valence-electron chi connectivity index (χ4n) is 2.31. The fraction of sp³-hybridized carbons (Fsp3) is 0.538. The number of rotatable bonds is 6. The van der Waals surface area contributed by atoms with Gasteiger partial charge >= 0.3 is 0 Å². The Hall–Kier alpha value is -0.960. The van der Waals surface area contributed by atoms with Gasteiger partial charge in [-0.05, 0) is 56.1 Å². The molecule has 8 heteroatoms. The molecule has 1 heterocycles. The zero-order valence-electron chi connectivity index (χ0n) is 11.9. The lowest BCUT2D eigenvalue weighted by Crippen LogP contribution is -2.26. The van der Waals surface area contributed by atoms with Gasteiger partial charge in [0.05, 0.1) is 9.79 Å². The van der Waals surface area contributed by atoms with Crippen LogP contribution in [0.5, 0.6) is 0 Å². The summed E-state index contributed by atoms with van der Waals surface area (Å²) in [6, 6.07) is 5.25. The molecule has 21 heavy (non-hydrogen) atoms. The molecule has 1 saturated heterocycles. The quantitative estimate of drug-likeness (QED) is 0.785. The van der Waals surface area contributed by atoms with Crippen molar-refractivity contribution < 1.29 is 16.8 Å². The highest BCUT2D eigenvalue weighted by Gasteiger charge is 2.18. The Morgan fingerprint density at radius 1 is 1.14 bits per heavy atom. The molecule has 1 unspecified atom stereocenters. The Bertz CT molecular complexity index is 675. The molecule has 0 radical (unpaired) electrons. The first-order valence-electron chi connectivity index (χ1n) is 6.79. The largest absolute Gasteiger partial charge is 0.316 e. The molecule has 6 nitrogen and oxygen atoms in total. The predicted octanol–water partition coefficient (Wildman–Crippen LogP) is 0.368. The standard InChI is InChI=1S/C13H20N2O4S2/c1-20(16,17)12-2-4-13(5-3-12)21(18,19)15-9-7-11-6-8-14-10-11/h2-5,11,14-15H,6-10H2,1H3. The summed E-state index contributed by atoms with van der Waals surface area (Å²) >= 11 is 0. The predicted molar refractivity (Wildman–Crippen MR) is 80.3 cm³/mol. The molecule has 1 aliphatic heterocycles. The number of hydrogen-bond acceptors (Lipinski definition) is 5. The molecule has 1 fully saturated rings. The molecule has 1 aromatic carbocycles. The number of nitrogens with one attached hydrogen (secondary N) is 2. The lowest BCUT2D eigenvalue weighted by Gasteiger charge is -2.10. The molecule has 1 atom stereocenters. The number of sulfonamides is 1. The third-order valence-electron chi connectivity index (χ3n) is 3.57. The molecule has 2 rings (SSSR count). The van der Waals surface area contributed by atoms with Gasteiger partial charge in [0.15, 0.2) is 9.84 Å². The van der Waals surface area contributed by atoms with Crippen molar-refractivity contribution in [3.8, 4) is 0 Å². The maximum atomic E-state index is 12.1. The van der Waals surface area contributed by atoms with Crippen LogP contribution in [-0.2, 0) is 19.9 Å². The van der Waals surface area contributed by atoms with E-state index in [1.807, 2.05) is 0 Å². The van der Waals surface area contributed by atoms with Gasteiger partial charge in [0, 0.05) is 12.8 Å². The minimum Gasteiger partial charge on any atom is -0.316 e. The summed E-state index contributed by atoms with van der Waals surface area (Å²) in [4.78, 5) is 0.193. The van der Waals surface area contributed by atoms with Gasteiger partial charge in [0.25, 0.3) is 0 Å². The van der Waals surface area contributed by atoms with Crippen molar-refractivity contribution in [2.24, 2.45) is 5.92 Å². The van der Waals surface area contributed by atoms with Crippen molar-refractivity contribution in [3.05, 3.63) is 24.3 Å². The average molecular weight is 332 g/mol. The van der Waals surface area contributed by atoms with E-state index in [9.17, 15) is 16.8 Å². The minimum absolute atomic E-state index is 0.0828. The second-order valence-corrected chi connectivity index (χ2v) is 9.07. The summed E-state index contributed by atoms with van der Waals surface area (Å²) in [7, 11) is -6.89. The van der Waals surface area contributed by atoms with Gasteiger partial charge in [-0.2, -0.15) is 0 Å². The zero-order chi connectivity index (χ0) is 15.5. The third-order valence-corrected chi connectivity index (χ3v) is 6.17. The van der Waals surface area contributed by atoms with E-state index in [2.05, 4.69) is 10.0 Å². The summed E-state index contributed by atoms with van der Waals surface area (Å²) in [6.07, 6.45) is 2.96. The van der Waals surface area contributed by atoms with Crippen molar-refractivity contribution in [2.45, 2.75) is 22.6 Å². The minimum atomic E-state index is -3.58. The van der Waals surface area contributed by atoms with E-state index in [1.165, 1.54) is 24.3 Å². The van der Waals surface area contributed by atoms with Crippen molar-refractivity contribution in [3.63, 3.8) is 0 Å². The van der Waals surface area contributed by atoms with Gasteiger partial charge in [0.2, 0.25) is 10.0 Å². The number of sulfone groups is 1. The smallest absolute Gasteiger partial charge is 0.240 e. The second kappa shape index (κ2) is 6.43. The molecule has 0 saturated carbocycles. The second-order valence-electron chi connectivity index (χ2n) is 5.29. The lowest BCUT2D eigenvalue weighted by atomic mass is 10.1. The normalized spacial score (nSPS) is 19.8. The maximum absolute atomic E-state index is 12.1. The molecule has 1 aliphatic rings. The SMILES string of the molecule is CS(=O)(=O)c1ccc(S(=O)(=O)NCCC2CCNC2)cc1. The van der Waals surface area contributed by atoms with Crippen LogP contribution in [-0.4, -0.2) is 42.7 Å². The molecule has 0 bridgehead atoms. The van der Waals surface area contributed by atoms with Crippen LogP contribution in [0.2, 0.25) is 0 Å². The van der Waals surface area contributed by atoms with Crippen LogP contribution in [0.1, 0.15) is 12.8 Å². The van der Waals surface area contributed by atoms with Crippen molar-refractivity contribution >= 4 is 19.9 Å². The van der Waals surface area contributed by atoms with Gasteiger partial charge in [-0.15, -0.1) is 0 Å². The van der Waals surface area contributed by atoms with E-state index in [0.29, 0.717) is 12.5 Å².